The van der Waals surface area contributed by atoms with Gasteiger partial charge in [-0.25, -0.2) is 19.2 Å². The lowest BCUT2D eigenvalue weighted by Gasteiger charge is -2.34. The normalized spacial score (nSPS) is 17.9. The first kappa shape index (κ1) is 25.1. The van der Waals surface area contributed by atoms with E-state index in [0.29, 0.717) is 69.0 Å². The fourth-order valence-electron chi connectivity index (χ4n) is 4.80. The number of ether oxygens (including phenoxy) is 1. The zero-order chi connectivity index (χ0) is 26.4. The zero-order valence-corrected chi connectivity index (χ0v) is 21.4. The molecule has 3 aromatic rings. The van der Waals surface area contributed by atoms with Crippen LogP contribution in [0.4, 0.5) is 15.0 Å². The van der Waals surface area contributed by atoms with Crippen LogP contribution in [0.2, 0.25) is 0 Å². The van der Waals surface area contributed by atoms with E-state index < -0.39 is 17.4 Å². The van der Waals surface area contributed by atoms with E-state index in [9.17, 15) is 19.1 Å². The van der Waals surface area contributed by atoms with Crippen LogP contribution in [0.25, 0.3) is 16.7 Å². The summed E-state index contributed by atoms with van der Waals surface area (Å²) in [7, 11) is 0. The molecule has 1 N–H and O–H groups in total. The quantitative estimate of drug-likeness (QED) is 0.538. The van der Waals surface area contributed by atoms with E-state index >= 15 is 0 Å². The number of likely N-dealkylation sites (tertiary alicyclic amines) is 1. The largest absolute Gasteiger partial charge is 0.447 e. The summed E-state index contributed by atoms with van der Waals surface area (Å²) in [6.45, 7) is 6.66. The second kappa shape index (κ2) is 9.41. The van der Waals surface area contributed by atoms with Crippen molar-refractivity contribution >= 4 is 28.9 Å². The molecule has 5 rings (SSSR count). The minimum Gasteiger partial charge on any atom is -0.447 e. The highest BCUT2D eigenvalue weighted by Crippen LogP contribution is 2.29. The number of aryl methyl sites for hydroxylation is 1. The molecule has 0 unspecified atom stereocenters. The Morgan fingerprint density at radius 3 is 2.54 bits per heavy atom. The van der Waals surface area contributed by atoms with E-state index in [1.807, 2.05) is 22.8 Å². The SMILES string of the molecule is CC(C)(O)CCc1cc2cc(C(=O)N3CCC(C)(F)CC3)cnc2n1-c1ccc(N2CCOC2=O)nc1. The molecular weight excluding hydrogens is 477 g/mol. The number of carbonyl (C=O) groups is 2. The summed E-state index contributed by atoms with van der Waals surface area (Å²) in [6, 6.07) is 7.43. The number of hydrogen-bond acceptors (Lipinski definition) is 6. The molecule has 9 nitrogen and oxygen atoms in total. The van der Waals surface area contributed by atoms with Gasteiger partial charge in [0.05, 0.1) is 29.6 Å². The van der Waals surface area contributed by atoms with Crippen LogP contribution in [-0.4, -0.2) is 74.1 Å². The number of nitrogens with zero attached hydrogens (tertiary/aromatic N) is 5. The monoisotopic (exact) mass is 509 g/mol. The Labute approximate surface area is 214 Å². The summed E-state index contributed by atoms with van der Waals surface area (Å²) in [4.78, 5) is 37.3. The molecular formula is C27H32FN5O4. The van der Waals surface area contributed by atoms with Gasteiger partial charge in [-0.3, -0.25) is 14.3 Å². The number of anilines is 1. The first-order chi connectivity index (χ1) is 17.5. The lowest BCUT2D eigenvalue weighted by Crippen LogP contribution is -2.43. The van der Waals surface area contributed by atoms with Gasteiger partial charge in [-0.15, -0.1) is 0 Å². The maximum absolute atomic E-state index is 14.2. The van der Waals surface area contributed by atoms with Gasteiger partial charge in [0.1, 0.15) is 23.7 Å². The number of aliphatic hydroxyl groups is 1. The molecule has 0 aromatic carbocycles. The molecule has 0 spiro atoms. The molecule has 0 bridgehead atoms. The summed E-state index contributed by atoms with van der Waals surface area (Å²) in [5.74, 6) is 0.353. The number of piperidine rings is 1. The fraction of sp³-hybridized carbons (Fsp3) is 0.481. The number of aromatic nitrogens is 3. The molecule has 5 heterocycles. The van der Waals surface area contributed by atoms with E-state index in [-0.39, 0.29) is 5.91 Å². The van der Waals surface area contributed by atoms with Gasteiger partial charge in [-0.2, -0.15) is 0 Å². The van der Waals surface area contributed by atoms with Gasteiger partial charge >= 0.3 is 6.09 Å². The van der Waals surface area contributed by atoms with Crippen molar-refractivity contribution in [2.75, 3.05) is 31.1 Å². The van der Waals surface area contributed by atoms with Gasteiger partial charge in [0.15, 0.2) is 0 Å². The molecule has 2 saturated heterocycles. The number of pyridine rings is 2. The van der Waals surface area contributed by atoms with Crippen LogP contribution < -0.4 is 4.90 Å². The first-order valence-corrected chi connectivity index (χ1v) is 12.6. The average Bonchev–Trinajstić information content (AvgIpc) is 3.44. The van der Waals surface area contributed by atoms with Crippen molar-refractivity contribution < 1.29 is 23.8 Å². The molecule has 37 heavy (non-hydrogen) atoms. The lowest BCUT2D eigenvalue weighted by atomic mass is 9.95. The topological polar surface area (TPSA) is 101 Å². The summed E-state index contributed by atoms with van der Waals surface area (Å²) < 4.78 is 21.2. The van der Waals surface area contributed by atoms with Crippen molar-refractivity contribution in [3.63, 3.8) is 0 Å². The number of fused-ring (bicyclic) bond motifs is 1. The predicted molar refractivity (Wildman–Crippen MR) is 137 cm³/mol. The molecule has 10 heteroatoms. The van der Waals surface area contributed by atoms with Gasteiger partial charge in [-0.05, 0) is 70.7 Å². The number of hydrogen-bond donors (Lipinski definition) is 1. The van der Waals surface area contributed by atoms with Gasteiger partial charge < -0.3 is 14.7 Å². The van der Waals surface area contributed by atoms with Gasteiger partial charge in [0.2, 0.25) is 0 Å². The minimum absolute atomic E-state index is 0.154. The smallest absolute Gasteiger partial charge is 0.415 e. The maximum Gasteiger partial charge on any atom is 0.415 e. The Balaban J connectivity index is 1.48. The Morgan fingerprint density at radius 2 is 1.92 bits per heavy atom. The average molecular weight is 510 g/mol. The number of carbonyl (C=O) groups excluding carboxylic acids is 2. The third-order valence-corrected chi connectivity index (χ3v) is 7.08. The predicted octanol–water partition coefficient (Wildman–Crippen LogP) is 4.04. The van der Waals surface area contributed by atoms with Gasteiger partial charge in [0.25, 0.3) is 5.91 Å². The Bertz CT molecular complexity index is 1320. The van der Waals surface area contributed by atoms with Crippen molar-refractivity contribution in [2.24, 2.45) is 0 Å². The zero-order valence-electron chi connectivity index (χ0n) is 21.4. The molecule has 3 aromatic heterocycles. The third kappa shape index (κ3) is 5.29. The van der Waals surface area contributed by atoms with Crippen molar-refractivity contribution in [2.45, 2.75) is 57.7 Å². The molecule has 0 atom stereocenters. The van der Waals surface area contributed by atoms with E-state index in [0.717, 1.165) is 16.8 Å². The summed E-state index contributed by atoms with van der Waals surface area (Å²) in [5.41, 5.74) is 0.698. The van der Waals surface area contributed by atoms with E-state index in [1.54, 1.807) is 44.1 Å². The number of amides is 2. The molecule has 2 amide bonds. The maximum atomic E-state index is 14.2. The molecule has 2 aliphatic heterocycles. The number of rotatable bonds is 6. The van der Waals surface area contributed by atoms with E-state index in [1.165, 1.54) is 4.90 Å². The molecule has 196 valence electrons. The third-order valence-electron chi connectivity index (χ3n) is 7.08. The van der Waals surface area contributed by atoms with Crippen molar-refractivity contribution in [1.29, 1.82) is 0 Å². The van der Waals surface area contributed by atoms with Gasteiger partial charge in [0, 0.05) is 30.4 Å². The molecule has 0 aliphatic carbocycles. The van der Waals surface area contributed by atoms with Crippen LogP contribution in [0, 0.1) is 0 Å². The van der Waals surface area contributed by atoms with Crippen molar-refractivity contribution in [3.05, 3.63) is 47.9 Å². The molecule has 0 radical (unpaired) electrons. The van der Waals surface area contributed by atoms with Crippen LogP contribution >= 0.6 is 0 Å². The molecule has 2 aliphatic rings. The second-order valence-corrected chi connectivity index (χ2v) is 10.8. The summed E-state index contributed by atoms with van der Waals surface area (Å²) >= 11 is 0. The Hall–Kier alpha value is -3.53. The van der Waals surface area contributed by atoms with Crippen molar-refractivity contribution in [3.8, 4) is 5.69 Å². The number of alkyl halides is 1. The Morgan fingerprint density at radius 1 is 1.16 bits per heavy atom. The van der Waals surface area contributed by atoms with E-state index in [4.69, 9.17) is 4.74 Å². The minimum atomic E-state index is -1.23. The summed E-state index contributed by atoms with van der Waals surface area (Å²) in [5, 5.41) is 11.1. The highest BCUT2D eigenvalue weighted by Gasteiger charge is 2.32. The lowest BCUT2D eigenvalue weighted by molar-refractivity contribution is 0.0503. The van der Waals surface area contributed by atoms with Crippen LogP contribution in [0.3, 0.4) is 0 Å². The fourth-order valence-corrected chi connectivity index (χ4v) is 4.80. The van der Waals surface area contributed by atoms with Crippen LogP contribution in [-0.2, 0) is 11.2 Å². The standard InChI is InChI=1S/C27H32FN5O4/c1-26(2,36)7-6-20-15-18-14-19(24(34)31-10-8-27(3,28)9-11-31)16-30-23(18)33(20)21-4-5-22(29-17-21)32-12-13-37-25(32)35/h4-5,14-17,36H,6-13H2,1-3H3. The van der Waals surface area contributed by atoms with Crippen LogP contribution in [0.1, 0.15) is 56.1 Å². The van der Waals surface area contributed by atoms with Gasteiger partial charge in [-0.1, -0.05) is 0 Å². The second-order valence-electron chi connectivity index (χ2n) is 10.8. The van der Waals surface area contributed by atoms with Crippen LogP contribution in [0.5, 0.6) is 0 Å². The van der Waals surface area contributed by atoms with Crippen molar-refractivity contribution in [1.82, 2.24) is 19.4 Å². The van der Waals surface area contributed by atoms with Crippen LogP contribution in [0.15, 0.2) is 36.7 Å². The molecule has 0 saturated carbocycles. The number of cyclic esters (lactones) is 1. The molecule has 2 fully saturated rings. The first-order valence-electron chi connectivity index (χ1n) is 12.6. The highest BCUT2D eigenvalue weighted by atomic mass is 19.1. The Kier molecular flexibility index (Phi) is 6.39. The summed E-state index contributed by atoms with van der Waals surface area (Å²) in [6.07, 6.45) is 4.57. The van der Waals surface area contributed by atoms with E-state index in [2.05, 4.69) is 9.97 Å². The highest BCUT2D eigenvalue weighted by molar-refractivity contribution is 5.97. The number of halogens is 1.